The Balaban J connectivity index is 2.50. The number of hydrogen-bond donors (Lipinski definition) is 2. The molecule has 0 atom stereocenters. The summed E-state index contributed by atoms with van der Waals surface area (Å²) < 4.78 is 0. The molecule has 0 heterocycles. The molecule has 0 aliphatic rings. The van der Waals surface area contributed by atoms with Crippen molar-refractivity contribution in [2.24, 2.45) is 0 Å². The van der Waals surface area contributed by atoms with Gasteiger partial charge in [0.05, 0.1) is 6.61 Å². The monoisotopic (exact) mass is 251 g/mol. The summed E-state index contributed by atoms with van der Waals surface area (Å²) in [4.78, 5) is 13.6. The second kappa shape index (κ2) is 8.66. The summed E-state index contributed by atoms with van der Waals surface area (Å²) in [7, 11) is 0. The maximum atomic E-state index is 11.9. The lowest BCUT2D eigenvalue weighted by Crippen LogP contribution is -2.32. The van der Waals surface area contributed by atoms with Gasteiger partial charge in [0.25, 0.3) is 0 Å². The molecule has 1 amide bonds. The molecule has 4 heteroatoms. The third kappa shape index (κ3) is 5.29. The van der Waals surface area contributed by atoms with E-state index in [1.165, 1.54) is 0 Å². The summed E-state index contributed by atoms with van der Waals surface area (Å²) in [6.07, 6.45) is 1.75. The maximum Gasteiger partial charge on any atom is 0.222 e. The van der Waals surface area contributed by atoms with E-state index in [1.807, 2.05) is 30.3 Å². The van der Waals surface area contributed by atoms with Gasteiger partial charge in [0.1, 0.15) is 0 Å². The van der Waals surface area contributed by atoms with E-state index in [4.69, 9.17) is 10.2 Å². The standard InChI is InChI=1S/C14H21NO3/c16-10-5-4-8-14(18)15(9-11-17)12-13-6-2-1-3-7-13/h1-3,6-7,16-17H,4-5,8-12H2. The van der Waals surface area contributed by atoms with Crippen LogP contribution in [0.3, 0.4) is 0 Å². The Morgan fingerprint density at radius 3 is 2.39 bits per heavy atom. The molecule has 0 aliphatic carbocycles. The molecule has 0 bridgehead atoms. The number of benzene rings is 1. The average Bonchev–Trinajstić information content (AvgIpc) is 2.39. The molecule has 2 N–H and O–H groups in total. The molecule has 4 nitrogen and oxygen atoms in total. The van der Waals surface area contributed by atoms with Crippen LogP contribution in [0.5, 0.6) is 0 Å². The zero-order chi connectivity index (χ0) is 13.2. The first-order valence-corrected chi connectivity index (χ1v) is 6.31. The lowest BCUT2D eigenvalue weighted by molar-refractivity contribution is -0.132. The highest BCUT2D eigenvalue weighted by atomic mass is 16.3. The van der Waals surface area contributed by atoms with E-state index >= 15 is 0 Å². The van der Waals surface area contributed by atoms with Crippen LogP contribution in [0.2, 0.25) is 0 Å². The Bertz CT molecular complexity index is 340. The molecule has 0 radical (unpaired) electrons. The first kappa shape index (κ1) is 14.7. The highest BCUT2D eigenvalue weighted by molar-refractivity contribution is 5.76. The Kier molecular flexibility index (Phi) is 7.06. The third-order valence-electron chi connectivity index (χ3n) is 2.74. The van der Waals surface area contributed by atoms with Crippen molar-refractivity contribution >= 4 is 5.91 Å². The van der Waals surface area contributed by atoms with Crippen LogP contribution in [0.25, 0.3) is 0 Å². The summed E-state index contributed by atoms with van der Waals surface area (Å²) in [5.41, 5.74) is 1.06. The fourth-order valence-electron chi connectivity index (χ4n) is 1.76. The van der Waals surface area contributed by atoms with Crippen molar-refractivity contribution < 1.29 is 15.0 Å². The topological polar surface area (TPSA) is 60.8 Å². The highest BCUT2D eigenvalue weighted by Gasteiger charge is 2.12. The molecule has 1 aromatic rings. The lowest BCUT2D eigenvalue weighted by atomic mass is 10.2. The van der Waals surface area contributed by atoms with Gasteiger partial charge in [-0.25, -0.2) is 0 Å². The average molecular weight is 251 g/mol. The molecule has 18 heavy (non-hydrogen) atoms. The van der Waals surface area contributed by atoms with Crippen molar-refractivity contribution in [1.29, 1.82) is 0 Å². The Morgan fingerprint density at radius 1 is 1.06 bits per heavy atom. The van der Waals surface area contributed by atoms with Gasteiger partial charge in [-0.3, -0.25) is 4.79 Å². The number of carbonyl (C=O) groups excluding carboxylic acids is 1. The summed E-state index contributed by atoms with van der Waals surface area (Å²) in [6.45, 7) is 0.969. The second-order valence-corrected chi connectivity index (χ2v) is 4.21. The van der Waals surface area contributed by atoms with E-state index in [0.717, 1.165) is 5.56 Å². The molecule has 1 aromatic carbocycles. The van der Waals surface area contributed by atoms with Gasteiger partial charge in [0, 0.05) is 26.1 Å². The Labute approximate surface area is 108 Å². The van der Waals surface area contributed by atoms with Crippen LogP contribution >= 0.6 is 0 Å². The molecule has 0 aliphatic heterocycles. The zero-order valence-electron chi connectivity index (χ0n) is 10.6. The minimum absolute atomic E-state index is 0.0290. The van der Waals surface area contributed by atoms with Crippen molar-refractivity contribution in [3.05, 3.63) is 35.9 Å². The number of hydrogen-bond acceptors (Lipinski definition) is 3. The van der Waals surface area contributed by atoms with Crippen molar-refractivity contribution in [1.82, 2.24) is 4.90 Å². The second-order valence-electron chi connectivity index (χ2n) is 4.21. The fraction of sp³-hybridized carbons (Fsp3) is 0.500. The minimum atomic E-state index is -0.0292. The van der Waals surface area contributed by atoms with Crippen molar-refractivity contribution in [3.8, 4) is 0 Å². The van der Waals surface area contributed by atoms with E-state index in [9.17, 15) is 4.79 Å². The quantitative estimate of drug-likeness (QED) is 0.682. The number of aliphatic hydroxyl groups is 2. The molecular formula is C14H21NO3. The maximum absolute atomic E-state index is 11.9. The fourth-order valence-corrected chi connectivity index (χ4v) is 1.76. The van der Waals surface area contributed by atoms with Crippen LogP contribution in [-0.4, -0.2) is 40.8 Å². The smallest absolute Gasteiger partial charge is 0.222 e. The molecule has 0 saturated heterocycles. The van der Waals surface area contributed by atoms with Gasteiger partial charge in [-0.1, -0.05) is 30.3 Å². The Morgan fingerprint density at radius 2 is 1.78 bits per heavy atom. The van der Waals surface area contributed by atoms with Gasteiger partial charge >= 0.3 is 0 Å². The van der Waals surface area contributed by atoms with Crippen LogP contribution in [0.4, 0.5) is 0 Å². The third-order valence-corrected chi connectivity index (χ3v) is 2.74. The SMILES string of the molecule is O=C(CCCCO)N(CCO)Cc1ccccc1. The van der Waals surface area contributed by atoms with Gasteiger partial charge in [0.2, 0.25) is 5.91 Å². The first-order valence-electron chi connectivity index (χ1n) is 6.31. The first-order chi connectivity index (χ1) is 8.77. The molecule has 0 spiro atoms. The molecule has 0 saturated carbocycles. The zero-order valence-corrected chi connectivity index (χ0v) is 10.6. The van der Waals surface area contributed by atoms with E-state index in [1.54, 1.807) is 4.90 Å². The van der Waals surface area contributed by atoms with Crippen molar-refractivity contribution in [2.45, 2.75) is 25.8 Å². The van der Waals surface area contributed by atoms with Crippen LogP contribution in [-0.2, 0) is 11.3 Å². The van der Waals surface area contributed by atoms with E-state index < -0.39 is 0 Å². The van der Waals surface area contributed by atoms with Gasteiger partial charge < -0.3 is 15.1 Å². The molecule has 0 unspecified atom stereocenters. The highest BCUT2D eigenvalue weighted by Crippen LogP contribution is 2.07. The number of unbranched alkanes of at least 4 members (excludes halogenated alkanes) is 1. The van der Waals surface area contributed by atoms with Crippen LogP contribution in [0.1, 0.15) is 24.8 Å². The van der Waals surface area contributed by atoms with E-state index in [-0.39, 0.29) is 19.1 Å². The van der Waals surface area contributed by atoms with E-state index in [0.29, 0.717) is 32.4 Å². The summed E-state index contributed by atoms with van der Waals surface area (Å²) in [6, 6.07) is 9.73. The normalized spacial score (nSPS) is 10.3. The summed E-state index contributed by atoms with van der Waals surface area (Å²) in [5.74, 6) is 0.0290. The Hall–Kier alpha value is -1.39. The van der Waals surface area contributed by atoms with E-state index in [2.05, 4.69) is 0 Å². The lowest BCUT2D eigenvalue weighted by Gasteiger charge is -2.22. The summed E-state index contributed by atoms with van der Waals surface area (Å²) in [5, 5.41) is 17.7. The van der Waals surface area contributed by atoms with Crippen LogP contribution in [0.15, 0.2) is 30.3 Å². The predicted molar refractivity (Wildman–Crippen MR) is 69.9 cm³/mol. The number of aliphatic hydroxyl groups excluding tert-OH is 2. The van der Waals surface area contributed by atoms with Crippen LogP contribution < -0.4 is 0 Å². The number of rotatable bonds is 8. The molecular weight excluding hydrogens is 230 g/mol. The molecule has 100 valence electrons. The minimum Gasteiger partial charge on any atom is -0.396 e. The van der Waals surface area contributed by atoms with Gasteiger partial charge in [0.15, 0.2) is 0 Å². The number of nitrogens with zero attached hydrogens (tertiary/aromatic N) is 1. The molecule has 1 rings (SSSR count). The molecule has 0 fully saturated rings. The van der Waals surface area contributed by atoms with Crippen molar-refractivity contribution in [3.63, 3.8) is 0 Å². The van der Waals surface area contributed by atoms with Crippen molar-refractivity contribution in [2.75, 3.05) is 19.8 Å². The predicted octanol–water partition coefficient (Wildman–Crippen LogP) is 1.17. The molecule has 0 aromatic heterocycles. The number of amides is 1. The van der Waals surface area contributed by atoms with Gasteiger partial charge in [-0.05, 0) is 18.4 Å². The number of carbonyl (C=O) groups is 1. The largest absolute Gasteiger partial charge is 0.396 e. The van der Waals surface area contributed by atoms with Gasteiger partial charge in [-0.2, -0.15) is 0 Å². The van der Waals surface area contributed by atoms with Crippen LogP contribution in [0, 0.1) is 0 Å². The summed E-state index contributed by atoms with van der Waals surface area (Å²) >= 11 is 0. The van der Waals surface area contributed by atoms with Gasteiger partial charge in [-0.15, -0.1) is 0 Å².